The van der Waals surface area contributed by atoms with Gasteiger partial charge in [-0.2, -0.15) is 0 Å². The third kappa shape index (κ3) is 2.09. The highest BCUT2D eigenvalue weighted by molar-refractivity contribution is 5.77. The molecule has 0 aromatic rings. The Morgan fingerprint density at radius 3 is 2.33 bits per heavy atom. The maximum atomic E-state index is 11.9. The maximum absolute atomic E-state index is 11.9. The maximum Gasteiger partial charge on any atom is 0.312 e. The lowest BCUT2D eigenvalue weighted by Crippen LogP contribution is -2.39. The van der Waals surface area contributed by atoms with Gasteiger partial charge in [0.25, 0.3) is 0 Å². The number of methoxy groups -OCH3 is 1. The molecular formula is C13H22O2. The number of allylic oxidation sites excluding steroid dienone is 2. The molecule has 1 atom stereocenters. The van der Waals surface area contributed by atoms with Gasteiger partial charge in [-0.1, -0.05) is 25.0 Å². The molecule has 1 aliphatic carbocycles. The molecule has 0 saturated carbocycles. The number of ether oxygens (including phenoxy) is 1. The van der Waals surface area contributed by atoms with Crippen LogP contribution in [0.15, 0.2) is 11.1 Å². The summed E-state index contributed by atoms with van der Waals surface area (Å²) in [6.45, 7) is 8.53. The molecule has 86 valence electrons. The molecule has 2 nitrogen and oxygen atoms in total. The summed E-state index contributed by atoms with van der Waals surface area (Å²) < 4.78 is 4.98. The van der Waals surface area contributed by atoms with Crippen molar-refractivity contribution in [2.45, 2.75) is 47.0 Å². The molecule has 1 rings (SSSR count). The molecule has 0 fully saturated rings. The average molecular weight is 210 g/mol. The number of carbonyl (C=O) groups excluding carboxylic acids is 1. The van der Waals surface area contributed by atoms with Gasteiger partial charge in [0.05, 0.1) is 12.5 Å². The Labute approximate surface area is 92.7 Å². The van der Waals surface area contributed by atoms with Gasteiger partial charge >= 0.3 is 5.97 Å². The molecule has 15 heavy (non-hydrogen) atoms. The van der Waals surface area contributed by atoms with E-state index in [-0.39, 0.29) is 11.4 Å². The Hall–Kier alpha value is -0.790. The van der Waals surface area contributed by atoms with E-state index < -0.39 is 0 Å². The molecule has 1 unspecified atom stereocenters. The number of esters is 1. The fraction of sp³-hybridized carbons (Fsp3) is 0.769. The molecule has 0 N–H and O–H groups in total. The molecular weight excluding hydrogens is 188 g/mol. The molecule has 2 heteroatoms. The van der Waals surface area contributed by atoms with Crippen molar-refractivity contribution in [2.75, 3.05) is 7.11 Å². The van der Waals surface area contributed by atoms with E-state index in [0.29, 0.717) is 5.92 Å². The fourth-order valence-electron chi connectivity index (χ4n) is 2.44. The van der Waals surface area contributed by atoms with Gasteiger partial charge < -0.3 is 4.74 Å². The summed E-state index contributed by atoms with van der Waals surface area (Å²) in [6, 6.07) is 0. The smallest absolute Gasteiger partial charge is 0.312 e. The van der Waals surface area contributed by atoms with E-state index in [2.05, 4.69) is 27.7 Å². The van der Waals surface area contributed by atoms with Gasteiger partial charge in [-0.25, -0.2) is 0 Å². The van der Waals surface area contributed by atoms with Gasteiger partial charge in [0, 0.05) is 0 Å². The van der Waals surface area contributed by atoms with Crippen LogP contribution in [0.3, 0.4) is 0 Å². The van der Waals surface area contributed by atoms with Crippen LogP contribution in [0, 0.1) is 11.3 Å². The second kappa shape index (κ2) is 4.38. The second-order valence-corrected chi connectivity index (χ2v) is 5.04. The Balaban J connectivity index is 3.01. The largest absolute Gasteiger partial charge is 0.469 e. The van der Waals surface area contributed by atoms with Crippen molar-refractivity contribution in [1.82, 2.24) is 0 Å². The quantitative estimate of drug-likeness (QED) is 0.516. The SMILES string of the molecule is COC(=O)C1(C(C)C)CCC(C)=C(C)C1. The molecule has 0 aliphatic heterocycles. The van der Waals surface area contributed by atoms with Crippen molar-refractivity contribution in [3.05, 3.63) is 11.1 Å². The van der Waals surface area contributed by atoms with Gasteiger partial charge in [-0.15, -0.1) is 0 Å². The van der Waals surface area contributed by atoms with Crippen LogP contribution < -0.4 is 0 Å². The van der Waals surface area contributed by atoms with E-state index in [9.17, 15) is 4.79 Å². The van der Waals surface area contributed by atoms with Crippen LogP contribution in [0.25, 0.3) is 0 Å². The van der Waals surface area contributed by atoms with Crippen LogP contribution in [0.1, 0.15) is 47.0 Å². The first-order valence-corrected chi connectivity index (χ1v) is 5.67. The molecule has 0 heterocycles. The Morgan fingerprint density at radius 1 is 1.33 bits per heavy atom. The summed E-state index contributed by atoms with van der Waals surface area (Å²) in [4.78, 5) is 11.9. The van der Waals surface area contributed by atoms with E-state index >= 15 is 0 Å². The zero-order valence-electron chi connectivity index (χ0n) is 10.5. The van der Waals surface area contributed by atoms with Crippen molar-refractivity contribution < 1.29 is 9.53 Å². The minimum Gasteiger partial charge on any atom is -0.469 e. The van der Waals surface area contributed by atoms with Crippen molar-refractivity contribution in [3.8, 4) is 0 Å². The lowest BCUT2D eigenvalue weighted by Gasteiger charge is -2.38. The predicted molar refractivity (Wildman–Crippen MR) is 61.5 cm³/mol. The highest BCUT2D eigenvalue weighted by Crippen LogP contribution is 2.45. The van der Waals surface area contributed by atoms with Gasteiger partial charge in [-0.05, 0) is 39.0 Å². The summed E-state index contributed by atoms with van der Waals surface area (Å²) in [5, 5.41) is 0. The first-order valence-electron chi connectivity index (χ1n) is 5.67. The molecule has 0 aromatic carbocycles. The van der Waals surface area contributed by atoms with Crippen LogP contribution >= 0.6 is 0 Å². The number of carbonyl (C=O) groups is 1. The van der Waals surface area contributed by atoms with E-state index in [1.807, 2.05) is 0 Å². The lowest BCUT2D eigenvalue weighted by atomic mass is 9.65. The van der Waals surface area contributed by atoms with E-state index in [1.165, 1.54) is 18.3 Å². The Bertz CT molecular complexity index is 289. The normalized spacial score (nSPS) is 27.1. The summed E-state index contributed by atoms with van der Waals surface area (Å²) in [6.07, 6.45) is 2.82. The van der Waals surface area contributed by atoms with Gasteiger partial charge in [0.1, 0.15) is 0 Å². The minimum absolute atomic E-state index is 0.0376. The number of hydrogen-bond acceptors (Lipinski definition) is 2. The summed E-state index contributed by atoms with van der Waals surface area (Å²) in [5.74, 6) is 0.303. The standard InChI is InChI=1S/C13H22O2/c1-9(2)13(12(14)15-5)7-6-10(3)11(4)8-13/h9H,6-8H2,1-5H3. The monoisotopic (exact) mass is 210 g/mol. The third-order valence-corrected chi connectivity index (χ3v) is 3.95. The molecule has 0 radical (unpaired) electrons. The summed E-state index contributed by atoms with van der Waals surface area (Å²) in [5.41, 5.74) is 2.52. The predicted octanol–water partition coefficient (Wildman–Crippen LogP) is 3.32. The van der Waals surface area contributed by atoms with Gasteiger partial charge in [0.2, 0.25) is 0 Å². The van der Waals surface area contributed by atoms with Gasteiger partial charge in [-0.3, -0.25) is 4.79 Å². The summed E-state index contributed by atoms with van der Waals surface area (Å²) in [7, 11) is 1.49. The van der Waals surface area contributed by atoms with Crippen LogP contribution in [-0.4, -0.2) is 13.1 Å². The molecule has 0 bridgehead atoms. The highest BCUT2D eigenvalue weighted by Gasteiger charge is 2.44. The highest BCUT2D eigenvalue weighted by atomic mass is 16.5. The van der Waals surface area contributed by atoms with Crippen molar-refractivity contribution in [1.29, 1.82) is 0 Å². The molecule has 0 saturated heterocycles. The van der Waals surface area contributed by atoms with Crippen LogP contribution in [0.2, 0.25) is 0 Å². The van der Waals surface area contributed by atoms with Crippen LogP contribution in [0.5, 0.6) is 0 Å². The second-order valence-electron chi connectivity index (χ2n) is 5.04. The zero-order valence-corrected chi connectivity index (χ0v) is 10.5. The van der Waals surface area contributed by atoms with Crippen molar-refractivity contribution in [3.63, 3.8) is 0 Å². The molecule has 0 amide bonds. The number of hydrogen-bond donors (Lipinski definition) is 0. The topological polar surface area (TPSA) is 26.3 Å². The fourth-order valence-corrected chi connectivity index (χ4v) is 2.44. The van der Waals surface area contributed by atoms with Crippen molar-refractivity contribution in [2.24, 2.45) is 11.3 Å². The molecule has 0 aromatic heterocycles. The first-order chi connectivity index (χ1) is 6.94. The molecule has 1 aliphatic rings. The van der Waals surface area contributed by atoms with Gasteiger partial charge in [0.15, 0.2) is 0 Å². The average Bonchev–Trinajstić information content (AvgIpc) is 2.20. The third-order valence-electron chi connectivity index (χ3n) is 3.95. The minimum atomic E-state index is -0.279. The Morgan fingerprint density at radius 2 is 1.93 bits per heavy atom. The zero-order chi connectivity index (χ0) is 11.6. The molecule has 0 spiro atoms. The lowest BCUT2D eigenvalue weighted by molar-refractivity contribution is -0.156. The van der Waals surface area contributed by atoms with Crippen molar-refractivity contribution >= 4 is 5.97 Å². The first kappa shape index (κ1) is 12.3. The van der Waals surface area contributed by atoms with Crippen LogP contribution in [-0.2, 0) is 9.53 Å². The number of rotatable bonds is 2. The van der Waals surface area contributed by atoms with Crippen LogP contribution in [0.4, 0.5) is 0 Å². The van der Waals surface area contributed by atoms with E-state index in [1.54, 1.807) is 0 Å². The summed E-state index contributed by atoms with van der Waals surface area (Å²) >= 11 is 0. The van der Waals surface area contributed by atoms with E-state index in [0.717, 1.165) is 19.3 Å². The Kier molecular flexibility index (Phi) is 3.58. The van der Waals surface area contributed by atoms with E-state index in [4.69, 9.17) is 4.74 Å².